The van der Waals surface area contributed by atoms with Crippen molar-refractivity contribution in [2.45, 2.75) is 71.6 Å². The van der Waals surface area contributed by atoms with Crippen molar-refractivity contribution in [1.82, 2.24) is 0 Å². The molecule has 0 aromatic rings. The van der Waals surface area contributed by atoms with Crippen molar-refractivity contribution in [3.8, 4) is 0 Å². The van der Waals surface area contributed by atoms with Gasteiger partial charge in [0.1, 0.15) is 0 Å². The molecule has 0 aliphatic carbocycles. The summed E-state index contributed by atoms with van der Waals surface area (Å²) in [4.78, 5) is 11.3. The van der Waals surface area contributed by atoms with Crippen molar-refractivity contribution in [2.24, 2.45) is 5.41 Å². The first-order valence-electron chi connectivity index (χ1n) is 6.88. The molecular weight excluding hydrogens is 200 g/mol. The van der Waals surface area contributed by atoms with Gasteiger partial charge in [0, 0.05) is 5.41 Å². The van der Waals surface area contributed by atoms with E-state index in [1.807, 2.05) is 0 Å². The molecular formula is C14H26O2. The van der Waals surface area contributed by atoms with E-state index in [1.54, 1.807) is 0 Å². The summed E-state index contributed by atoms with van der Waals surface area (Å²) in [5.41, 5.74) is 0.196. The highest BCUT2D eigenvalue weighted by Crippen LogP contribution is 2.39. The van der Waals surface area contributed by atoms with E-state index in [0.29, 0.717) is 13.0 Å². The fourth-order valence-corrected chi connectivity index (χ4v) is 2.59. The minimum Gasteiger partial charge on any atom is -0.465 e. The largest absolute Gasteiger partial charge is 0.465 e. The quantitative estimate of drug-likeness (QED) is 0.460. The topological polar surface area (TPSA) is 26.3 Å². The van der Waals surface area contributed by atoms with Gasteiger partial charge in [0.25, 0.3) is 0 Å². The summed E-state index contributed by atoms with van der Waals surface area (Å²) in [5, 5.41) is 0. The molecule has 0 unspecified atom stereocenters. The van der Waals surface area contributed by atoms with Gasteiger partial charge in [-0.3, -0.25) is 4.79 Å². The van der Waals surface area contributed by atoms with Gasteiger partial charge in [-0.1, -0.05) is 52.4 Å². The highest BCUT2D eigenvalue weighted by molar-refractivity contribution is 5.72. The first kappa shape index (κ1) is 13.5. The Morgan fingerprint density at radius 3 is 2.00 bits per heavy atom. The van der Waals surface area contributed by atoms with Crippen molar-refractivity contribution in [3.63, 3.8) is 0 Å². The van der Waals surface area contributed by atoms with Gasteiger partial charge in [-0.15, -0.1) is 0 Å². The number of hydrogen-bond donors (Lipinski definition) is 0. The Morgan fingerprint density at radius 2 is 1.62 bits per heavy atom. The first-order chi connectivity index (χ1) is 7.72. The predicted molar refractivity (Wildman–Crippen MR) is 66.3 cm³/mol. The summed E-state index contributed by atoms with van der Waals surface area (Å²) in [6.07, 6.45) is 10.6. The molecule has 1 fully saturated rings. The van der Waals surface area contributed by atoms with Crippen LogP contribution in [0.15, 0.2) is 0 Å². The lowest BCUT2D eigenvalue weighted by atomic mass is 9.77. The molecule has 0 atom stereocenters. The monoisotopic (exact) mass is 226 g/mol. The zero-order valence-corrected chi connectivity index (χ0v) is 10.9. The number of hydrogen-bond acceptors (Lipinski definition) is 2. The van der Waals surface area contributed by atoms with Crippen molar-refractivity contribution in [2.75, 3.05) is 6.61 Å². The number of rotatable bonds is 8. The SMILES string of the molecule is CCCCCC1(CCCCC)COC(=O)C1. The summed E-state index contributed by atoms with van der Waals surface area (Å²) in [5.74, 6) is 0.0213. The Balaban J connectivity index is 2.38. The molecule has 94 valence electrons. The van der Waals surface area contributed by atoms with Gasteiger partial charge in [0.05, 0.1) is 13.0 Å². The van der Waals surface area contributed by atoms with Gasteiger partial charge in [-0.05, 0) is 12.8 Å². The lowest BCUT2D eigenvalue weighted by molar-refractivity contribution is -0.137. The van der Waals surface area contributed by atoms with E-state index in [0.717, 1.165) is 0 Å². The molecule has 1 rings (SSSR count). The predicted octanol–water partition coefficient (Wildman–Crippen LogP) is 4.08. The second-order valence-electron chi connectivity index (χ2n) is 5.25. The van der Waals surface area contributed by atoms with E-state index in [1.165, 1.54) is 51.4 Å². The molecule has 2 heteroatoms. The Bertz CT molecular complexity index is 201. The fourth-order valence-electron chi connectivity index (χ4n) is 2.59. The van der Waals surface area contributed by atoms with Gasteiger partial charge in [0.15, 0.2) is 0 Å². The smallest absolute Gasteiger partial charge is 0.306 e. The highest BCUT2D eigenvalue weighted by atomic mass is 16.5. The number of esters is 1. The van der Waals surface area contributed by atoms with E-state index in [4.69, 9.17) is 4.74 Å². The van der Waals surface area contributed by atoms with E-state index < -0.39 is 0 Å². The standard InChI is InChI=1S/C14H26O2/c1-3-5-7-9-14(10-8-6-4-2)11-13(15)16-12-14/h3-12H2,1-2H3. The van der Waals surface area contributed by atoms with E-state index in [2.05, 4.69) is 13.8 Å². The summed E-state index contributed by atoms with van der Waals surface area (Å²) < 4.78 is 5.19. The number of unbranched alkanes of at least 4 members (excludes halogenated alkanes) is 4. The van der Waals surface area contributed by atoms with Gasteiger partial charge in [-0.2, -0.15) is 0 Å². The molecule has 0 amide bonds. The van der Waals surface area contributed by atoms with Gasteiger partial charge in [0.2, 0.25) is 0 Å². The Kier molecular flexibility index (Phi) is 5.86. The molecule has 1 heterocycles. The van der Waals surface area contributed by atoms with Crippen molar-refractivity contribution in [1.29, 1.82) is 0 Å². The van der Waals surface area contributed by atoms with Gasteiger partial charge in [-0.25, -0.2) is 0 Å². The van der Waals surface area contributed by atoms with Crippen molar-refractivity contribution in [3.05, 3.63) is 0 Å². The van der Waals surface area contributed by atoms with E-state index in [9.17, 15) is 4.79 Å². The second kappa shape index (κ2) is 6.93. The fraction of sp³-hybridized carbons (Fsp3) is 0.929. The molecule has 0 radical (unpaired) electrons. The van der Waals surface area contributed by atoms with Crippen LogP contribution in [0.25, 0.3) is 0 Å². The third-order valence-electron chi connectivity index (χ3n) is 3.68. The molecule has 0 bridgehead atoms. The Hall–Kier alpha value is -0.530. The third-order valence-corrected chi connectivity index (χ3v) is 3.68. The minimum atomic E-state index is 0.0213. The van der Waals surface area contributed by atoms with Crippen LogP contribution in [0.1, 0.15) is 71.6 Å². The van der Waals surface area contributed by atoms with Crippen molar-refractivity contribution >= 4 is 5.97 Å². The molecule has 2 nitrogen and oxygen atoms in total. The highest BCUT2D eigenvalue weighted by Gasteiger charge is 2.38. The molecule has 0 aromatic heterocycles. The summed E-state index contributed by atoms with van der Waals surface area (Å²) in [6.45, 7) is 5.12. The maximum absolute atomic E-state index is 11.3. The van der Waals surface area contributed by atoms with Crippen LogP contribution >= 0.6 is 0 Å². The molecule has 1 saturated heterocycles. The lowest BCUT2D eigenvalue weighted by Crippen LogP contribution is -2.21. The average molecular weight is 226 g/mol. The van der Waals surface area contributed by atoms with E-state index in [-0.39, 0.29) is 11.4 Å². The summed E-state index contributed by atoms with van der Waals surface area (Å²) >= 11 is 0. The van der Waals surface area contributed by atoms with Crippen LogP contribution in [0.3, 0.4) is 0 Å². The molecule has 1 aliphatic heterocycles. The second-order valence-corrected chi connectivity index (χ2v) is 5.25. The molecule has 0 spiro atoms. The normalized spacial score (nSPS) is 18.8. The van der Waals surface area contributed by atoms with Crippen LogP contribution in [0.5, 0.6) is 0 Å². The third kappa shape index (κ3) is 4.15. The van der Waals surface area contributed by atoms with Crippen LogP contribution in [-0.2, 0) is 9.53 Å². The van der Waals surface area contributed by atoms with Crippen molar-refractivity contribution < 1.29 is 9.53 Å². The number of ether oxygens (including phenoxy) is 1. The minimum absolute atomic E-state index is 0.0213. The van der Waals surface area contributed by atoms with Gasteiger partial charge >= 0.3 is 5.97 Å². The molecule has 16 heavy (non-hydrogen) atoms. The number of carbonyl (C=O) groups excluding carboxylic acids is 1. The van der Waals surface area contributed by atoms with Crippen LogP contribution in [0.2, 0.25) is 0 Å². The van der Waals surface area contributed by atoms with Crippen LogP contribution < -0.4 is 0 Å². The average Bonchev–Trinajstić information content (AvgIpc) is 2.62. The molecule has 0 saturated carbocycles. The maximum Gasteiger partial charge on any atom is 0.306 e. The molecule has 0 N–H and O–H groups in total. The van der Waals surface area contributed by atoms with E-state index >= 15 is 0 Å². The zero-order valence-electron chi connectivity index (χ0n) is 10.9. The molecule has 1 aliphatic rings. The lowest BCUT2D eigenvalue weighted by Gasteiger charge is -2.25. The van der Waals surface area contributed by atoms with Crippen LogP contribution in [-0.4, -0.2) is 12.6 Å². The first-order valence-corrected chi connectivity index (χ1v) is 6.88. The van der Waals surface area contributed by atoms with Crippen LogP contribution in [0, 0.1) is 5.41 Å². The molecule has 0 aromatic carbocycles. The number of cyclic esters (lactones) is 1. The maximum atomic E-state index is 11.3. The number of carbonyl (C=O) groups is 1. The van der Waals surface area contributed by atoms with Crippen LogP contribution in [0.4, 0.5) is 0 Å². The summed E-state index contributed by atoms with van der Waals surface area (Å²) in [6, 6.07) is 0. The summed E-state index contributed by atoms with van der Waals surface area (Å²) in [7, 11) is 0. The van der Waals surface area contributed by atoms with Gasteiger partial charge < -0.3 is 4.74 Å². The Morgan fingerprint density at radius 1 is 1.06 bits per heavy atom. The Labute approximate surface area is 99.8 Å². The zero-order chi connectivity index (χ0) is 11.9.